The first kappa shape index (κ1) is 15.5. The van der Waals surface area contributed by atoms with Gasteiger partial charge < -0.3 is 9.84 Å². The number of ether oxygens (including phenoxy) is 1. The number of rotatable bonds is 5. The second kappa shape index (κ2) is 6.69. The van der Waals surface area contributed by atoms with Crippen molar-refractivity contribution < 1.29 is 14.6 Å². The van der Waals surface area contributed by atoms with Crippen LogP contribution < -0.4 is 0 Å². The Morgan fingerprint density at radius 2 is 2.00 bits per heavy atom. The van der Waals surface area contributed by atoms with Crippen molar-refractivity contribution in [2.75, 3.05) is 13.4 Å². The van der Waals surface area contributed by atoms with Crippen LogP contribution in [0.25, 0.3) is 11.3 Å². The quantitative estimate of drug-likeness (QED) is 0.675. The third-order valence-corrected chi connectivity index (χ3v) is 3.75. The van der Waals surface area contributed by atoms with Gasteiger partial charge in [0.2, 0.25) is 0 Å². The number of hydrogen-bond acceptors (Lipinski definition) is 5. The van der Waals surface area contributed by atoms with Gasteiger partial charge in [0.1, 0.15) is 5.56 Å². The van der Waals surface area contributed by atoms with Gasteiger partial charge in [0.05, 0.1) is 11.8 Å². The first-order chi connectivity index (χ1) is 10.1. The molecule has 1 unspecified atom stereocenters. The van der Waals surface area contributed by atoms with E-state index < -0.39 is 5.97 Å². The molecule has 0 bridgehead atoms. The molecular formula is C15H16N2O3S. The predicted molar refractivity (Wildman–Crippen MR) is 81.6 cm³/mol. The average Bonchev–Trinajstić information content (AvgIpc) is 2.53. The zero-order chi connectivity index (χ0) is 15.4. The lowest BCUT2D eigenvalue weighted by molar-refractivity contribution is 0.0696. The molecule has 0 aliphatic carbocycles. The number of carboxylic acid groups (broad SMARTS) is 1. The van der Waals surface area contributed by atoms with Crippen LogP contribution in [-0.2, 0) is 4.74 Å². The molecule has 1 heterocycles. The Morgan fingerprint density at radius 3 is 2.52 bits per heavy atom. The van der Waals surface area contributed by atoms with E-state index in [1.165, 1.54) is 18.0 Å². The van der Waals surface area contributed by atoms with Gasteiger partial charge >= 0.3 is 5.97 Å². The van der Waals surface area contributed by atoms with Gasteiger partial charge in [0.15, 0.2) is 5.16 Å². The first-order valence-electron chi connectivity index (χ1n) is 6.34. The van der Waals surface area contributed by atoms with Gasteiger partial charge in [-0.25, -0.2) is 14.8 Å². The van der Waals surface area contributed by atoms with Crippen molar-refractivity contribution in [1.29, 1.82) is 0 Å². The summed E-state index contributed by atoms with van der Waals surface area (Å²) in [5.74, 6) is -1.04. The van der Waals surface area contributed by atoms with E-state index in [9.17, 15) is 9.90 Å². The van der Waals surface area contributed by atoms with Gasteiger partial charge in [0, 0.05) is 18.9 Å². The van der Waals surface area contributed by atoms with E-state index in [0.29, 0.717) is 10.9 Å². The Bertz CT molecular complexity index is 644. The van der Waals surface area contributed by atoms with E-state index in [1.54, 1.807) is 7.11 Å². The normalized spacial score (nSPS) is 12.1. The highest BCUT2D eigenvalue weighted by atomic mass is 32.2. The number of nitrogens with zero attached hydrogens (tertiary/aromatic N) is 2. The van der Waals surface area contributed by atoms with Crippen molar-refractivity contribution in [3.8, 4) is 11.3 Å². The number of carbonyl (C=O) groups is 1. The fraction of sp³-hybridized carbons (Fsp3) is 0.267. The van der Waals surface area contributed by atoms with Crippen molar-refractivity contribution >= 4 is 17.7 Å². The molecular weight excluding hydrogens is 288 g/mol. The lowest BCUT2D eigenvalue weighted by Gasteiger charge is -2.11. The summed E-state index contributed by atoms with van der Waals surface area (Å²) in [6.07, 6.45) is 3.19. The van der Waals surface area contributed by atoms with Gasteiger partial charge in [-0.1, -0.05) is 36.0 Å². The van der Waals surface area contributed by atoms with Crippen LogP contribution >= 0.6 is 11.8 Å². The Labute approximate surface area is 127 Å². The molecule has 1 aromatic heterocycles. The summed E-state index contributed by atoms with van der Waals surface area (Å²) in [5, 5.41) is 9.81. The third-order valence-electron chi connectivity index (χ3n) is 3.19. The molecule has 0 spiro atoms. The van der Waals surface area contributed by atoms with Crippen LogP contribution in [-0.4, -0.2) is 34.4 Å². The molecule has 1 aromatic carbocycles. The minimum Gasteiger partial charge on any atom is -0.478 e. The van der Waals surface area contributed by atoms with Gasteiger partial charge in [-0.05, 0) is 18.7 Å². The minimum atomic E-state index is -1.04. The van der Waals surface area contributed by atoms with Gasteiger partial charge in [-0.3, -0.25) is 0 Å². The molecule has 110 valence electrons. The molecule has 0 aliphatic rings. The standard InChI is InChI=1S/C15H16N2O3S/c1-9(20-2)10-4-6-11(7-5-10)13-12(14(18)19)8-16-15(17-13)21-3/h4-9H,1-3H3,(H,18,19). The number of benzene rings is 1. The number of hydrogen-bond donors (Lipinski definition) is 1. The predicted octanol–water partition coefficient (Wildman–Crippen LogP) is 3.27. The summed E-state index contributed by atoms with van der Waals surface area (Å²) >= 11 is 1.37. The Kier molecular flexibility index (Phi) is 4.93. The monoisotopic (exact) mass is 304 g/mol. The molecule has 6 heteroatoms. The number of aromatic nitrogens is 2. The topological polar surface area (TPSA) is 72.3 Å². The zero-order valence-corrected chi connectivity index (χ0v) is 12.8. The van der Waals surface area contributed by atoms with Gasteiger partial charge in [-0.15, -0.1) is 0 Å². The van der Waals surface area contributed by atoms with Crippen molar-refractivity contribution in [3.63, 3.8) is 0 Å². The fourth-order valence-electron chi connectivity index (χ4n) is 1.89. The third kappa shape index (κ3) is 3.40. The van der Waals surface area contributed by atoms with Crippen LogP contribution in [0.3, 0.4) is 0 Å². The van der Waals surface area contributed by atoms with Crippen LogP contribution in [0, 0.1) is 0 Å². The van der Waals surface area contributed by atoms with Crippen LogP contribution in [0.1, 0.15) is 28.9 Å². The molecule has 1 atom stereocenters. The highest BCUT2D eigenvalue weighted by Gasteiger charge is 2.15. The maximum Gasteiger partial charge on any atom is 0.339 e. The molecule has 0 radical (unpaired) electrons. The lowest BCUT2D eigenvalue weighted by Crippen LogP contribution is -2.04. The molecule has 0 aliphatic heterocycles. The SMILES string of the molecule is COC(C)c1ccc(-c2nc(SC)ncc2C(=O)O)cc1. The Balaban J connectivity index is 2.47. The van der Waals surface area contributed by atoms with Crippen molar-refractivity contribution in [2.24, 2.45) is 0 Å². The maximum atomic E-state index is 11.3. The summed E-state index contributed by atoms with van der Waals surface area (Å²) in [6, 6.07) is 7.53. The number of methoxy groups -OCH3 is 1. The van der Waals surface area contributed by atoms with E-state index in [2.05, 4.69) is 9.97 Å². The van der Waals surface area contributed by atoms with E-state index in [-0.39, 0.29) is 11.7 Å². The molecule has 2 aromatic rings. The second-order valence-electron chi connectivity index (χ2n) is 4.42. The molecule has 0 saturated carbocycles. The molecule has 5 nitrogen and oxygen atoms in total. The summed E-state index contributed by atoms with van der Waals surface area (Å²) < 4.78 is 5.26. The highest BCUT2D eigenvalue weighted by molar-refractivity contribution is 7.98. The molecule has 0 saturated heterocycles. The summed E-state index contributed by atoms with van der Waals surface area (Å²) in [6.45, 7) is 1.95. The number of thioether (sulfide) groups is 1. The minimum absolute atomic E-state index is 0.00912. The van der Waals surface area contributed by atoms with Crippen molar-refractivity contribution in [3.05, 3.63) is 41.6 Å². The lowest BCUT2D eigenvalue weighted by atomic mass is 10.0. The van der Waals surface area contributed by atoms with E-state index >= 15 is 0 Å². The molecule has 0 amide bonds. The summed E-state index contributed by atoms with van der Waals surface area (Å²) in [5.41, 5.74) is 2.30. The number of carboxylic acids is 1. The van der Waals surface area contributed by atoms with Crippen molar-refractivity contribution in [2.45, 2.75) is 18.2 Å². The Hall–Kier alpha value is -1.92. The van der Waals surface area contributed by atoms with Crippen LogP contribution in [0.4, 0.5) is 0 Å². The van der Waals surface area contributed by atoms with Gasteiger partial charge in [-0.2, -0.15) is 0 Å². The van der Waals surface area contributed by atoms with Crippen LogP contribution in [0.15, 0.2) is 35.6 Å². The molecule has 21 heavy (non-hydrogen) atoms. The molecule has 0 fully saturated rings. The Morgan fingerprint density at radius 1 is 1.33 bits per heavy atom. The van der Waals surface area contributed by atoms with Crippen LogP contribution in [0.5, 0.6) is 0 Å². The van der Waals surface area contributed by atoms with Crippen LogP contribution in [0.2, 0.25) is 0 Å². The fourth-order valence-corrected chi connectivity index (χ4v) is 2.23. The maximum absolute atomic E-state index is 11.3. The average molecular weight is 304 g/mol. The summed E-state index contributed by atoms with van der Waals surface area (Å²) in [7, 11) is 1.65. The first-order valence-corrected chi connectivity index (χ1v) is 7.56. The number of aromatic carboxylic acids is 1. The highest BCUT2D eigenvalue weighted by Crippen LogP contribution is 2.25. The van der Waals surface area contributed by atoms with E-state index in [0.717, 1.165) is 11.1 Å². The van der Waals surface area contributed by atoms with E-state index in [1.807, 2.05) is 37.4 Å². The van der Waals surface area contributed by atoms with Crippen molar-refractivity contribution in [1.82, 2.24) is 9.97 Å². The largest absolute Gasteiger partial charge is 0.478 e. The zero-order valence-electron chi connectivity index (χ0n) is 12.0. The molecule has 1 N–H and O–H groups in total. The smallest absolute Gasteiger partial charge is 0.339 e. The van der Waals surface area contributed by atoms with Gasteiger partial charge in [0.25, 0.3) is 0 Å². The second-order valence-corrected chi connectivity index (χ2v) is 5.20. The van der Waals surface area contributed by atoms with E-state index in [4.69, 9.17) is 4.74 Å². The molecule has 2 rings (SSSR count). The summed E-state index contributed by atoms with van der Waals surface area (Å²) in [4.78, 5) is 19.6.